The van der Waals surface area contributed by atoms with Gasteiger partial charge in [-0.1, -0.05) is 35.0 Å². The van der Waals surface area contributed by atoms with Crippen molar-refractivity contribution < 1.29 is 9.47 Å². The van der Waals surface area contributed by atoms with Crippen molar-refractivity contribution in [2.24, 2.45) is 0 Å². The first-order chi connectivity index (χ1) is 8.78. The third-order valence-corrected chi connectivity index (χ3v) is 3.52. The molecule has 1 fully saturated rings. The van der Waals surface area contributed by atoms with E-state index in [0.29, 0.717) is 6.04 Å². The average Bonchev–Trinajstić information content (AvgIpc) is 2.82. The Hall–Kier alpha value is -0.420. The van der Waals surface area contributed by atoms with E-state index in [9.17, 15) is 0 Å². The summed E-state index contributed by atoms with van der Waals surface area (Å²) in [6.07, 6.45) is 1.86. The molecule has 4 heteroatoms. The Morgan fingerprint density at radius 3 is 2.83 bits per heavy atom. The third-order valence-electron chi connectivity index (χ3n) is 3.03. The zero-order valence-electron chi connectivity index (χ0n) is 10.7. The molecule has 1 heterocycles. The first-order valence-corrected chi connectivity index (χ1v) is 7.28. The molecule has 0 amide bonds. The Morgan fingerprint density at radius 1 is 1.39 bits per heavy atom. The average molecular weight is 314 g/mol. The molecule has 1 aliphatic rings. The Labute approximate surface area is 117 Å². The molecule has 1 aliphatic heterocycles. The standard InChI is InChI=1S/C14H20BrNO2/c1-2-16-13(10-14-17-6-7-18-14)9-11-4-3-5-12(15)8-11/h3-5,8,13-14,16H,2,6-7,9-10H2,1H3. The number of halogens is 1. The van der Waals surface area contributed by atoms with Crippen molar-refractivity contribution in [3.05, 3.63) is 34.3 Å². The van der Waals surface area contributed by atoms with Crippen LogP contribution in [-0.2, 0) is 15.9 Å². The fraction of sp³-hybridized carbons (Fsp3) is 0.571. The zero-order chi connectivity index (χ0) is 12.8. The highest BCUT2D eigenvalue weighted by atomic mass is 79.9. The second-order valence-corrected chi connectivity index (χ2v) is 5.41. The van der Waals surface area contributed by atoms with E-state index in [1.165, 1.54) is 5.56 Å². The van der Waals surface area contributed by atoms with E-state index in [1.807, 2.05) is 0 Å². The minimum Gasteiger partial charge on any atom is -0.350 e. The van der Waals surface area contributed by atoms with Gasteiger partial charge >= 0.3 is 0 Å². The molecule has 0 bridgehead atoms. The van der Waals surface area contributed by atoms with Crippen LogP contribution in [0.5, 0.6) is 0 Å². The topological polar surface area (TPSA) is 30.5 Å². The predicted octanol–water partition coefficient (Wildman–Crippen LogP) is 2.73. The second-order valence-electron chi connectivity index (χ2n) is 4.50. The van der Waals surface area contributed by atoms with E-state index in [4.69, 9.17) is 9.47 Å². The maximum Gasteiger partial charge on any atom is 0.159 e. The second kappa shape index (κ2) is 7.24. The number of likely N-dealkylation sites (N-methyl/N-ethyl adjacent to an activating group) is 1. The fourth-order valence-corrected chi connectivity index (χ4v) is 2.70. The van der Waals surface area contributed by atoms with Gasteiger partial charge in [-0.25, -0.2) is 0 Å². The molecule has 0 radical (unpaired) electrons. The third kappa shape index (κ3) is 4.35. The molecule has 1 saturated heterocycles. The summed E-state index contributed by atoms with van der Waals surface area (Å²) < 4.78 is 12.2. The molecule has 100 valence electrons. The van der Waals surface area contributed by atoms with Crippen molar-refractivity contribution in [1.82, 2.24) is 5.32 Å². The molecule has 3 nitrogen and oxygen atoms in total. The van der Waals surface area contributed by atoms with E-state index in [0.717, 1.165) is 37.1 Å². The van der Waals surface area contributed by atoms with Gasteiger partial charge in [0.15, 0.2) is 6.29 Å². The summed E-state index contributed by atoms with van der Waals surface area (Å²) >= 11 is 3.51. The molecule has 0 aliphatic carbocycles. The first kappa shape index (κ1) is 14.0. The van der Waals surface area contributed by atoms with Gasteiger partial charge in [0.1, 0.15) is 0 Å². The summed E-state index contributed by atoms with van der Waals surface area (Å²) in [5.74, 6) is 0. The molecule has 1 aromatic carbocycles. The molecule has 0 aromatic heterocycles. The van der Waals surface area contributed by atoms with E-state index < -0.39 is 0 Å². The van der Waals surface area contributed by atoms with Crippen LogP contribution in [0.25, 0.3) is 0 Å². The monoisotopic (exact) mass is 313 g/mol. The van der Waals surface area contributed by atoms with Crippen LogP contribution in [0.3, 0.4) is 0 Å². The van der Waals surface area contributed by atoms with Gasteiger partial charge in [0.05, 0.1) is 13.2 Å². The molecule has 1 unspecified atom stereocenters. The highest BCUT2D eigenvalue weighted by Crippen LogP contribution is 2.17. The van der Waals surface area contributed by atoms with Crippen molar-refractivity contribution >= 4 is 15.9 Å². The summed E-state index contributed by atoms with van der Waals surface area (Å²) in [6.45, 7) is 4.54. The summed E-state index contributed by atoms with van der Waals surface area (Å²) in [6, 6.07) is 8.85. The zero-order valence-corrected chi connectivity index (χ0v) is 12.3. The molecule has 0 spiro atoms. The van der Waals surface area contributed by atoms with Gasteiger partial charge < -0.3 is 14.8 Å². The van der Waals surface area contributed by atoms with Crippen LogP contribution in [0.1, 0.15) is 18.9 Å². The van der Waals surface area contributed by atoms with Crippen LogP contribution in [0.15, 0.2) is 28.7 Å². The van der Waals surface area contributed by atoms with Crippen LogP contribution in [0, 0.1) is 0 Å². The van der Waals surface area contributed by atoms with E-state index in [2.05, 4.69) is 52.4 Å². The minimum atomic E-state index is -0.0406. The maximum absolute atomic E-state index is 5.52. The summed E-state index contributed by atoms with van der Waals surface area (Å²) in [5.41, 5.74) is 1.33. The lowest BCUT2D eigenvalue weighted by Gasteiger charge is -2.21. The maximum atomic E-state index is 5.52. The predicted molar refractivity (Wildman–Crippen MR) is 75.6 cm³/mol. The van der Waals surface area contributed by atoms with Crippen molar-refractivity contribution in [2.75, 3.05) is 19.8 Å². The molecular formula is C14H20BrNO2. The van der Waals surface area contributed by atoms with Crippen LogP contribution < -0.4 is 5.32 Å². The summed E-state index contributed by atoms with van der Waals surface area (Å²) in [7, 11) is 0. The lowest BCUT2D eigenvalue weighted by atomic mass is 10.0. The van der Waals surface area contributed by atoms with E-state index >= 15 is 0 Å². The SMILES string of the molecule is CCNC(Cc1cccc(Br)c1)CC1OCCO1. The highest BCUT2D eigenvalue weighted by Gasteiger charge is 2.21. The van der Waals surface area contributed by atoms with Crippen molar-refractivity contribution in [3.63, 3.8) is 0 Å². The largest absolute Gasteiger partial charge is 0.350 e. The van der Waals surface area contributed by atoms with Gasteiger partial charge in [-0.15, -0.1) is 0 Å². The fourth-order valence-electron chi connectivity index (χ4n) is 2.25. The van der Waals surface area contributed by atoms with Crippen LogP contribution >= 0.6 is 15.9 Å². The molecule has 18 heavy (non-hydrogen) atoms. The number of hydrogen-bond acceptors (Lipinski definition) is 3. The van der Waals surface area contributed by atoms with Gasteiger partial charge in [0, 0.05) is 16.9 Å². The first-order valence-electron chi connectivity index (χ1n) is 6.49. The number of benzene rings is 1. The van der Waals surface area contributed by atoms with Gasteiger partial charge in [-0.2, -0.15) is 0 Å². The highest BCUT2D eigenvalue weighted by molar-refractivity contribution is 9.10. The molecule has 2 rings (SSSR count). The van der Waals surface area contributed by atoms with Crippen LogP contribution in [-0.4, -0.2) is 32.1 Å². The molecule has 1 aromatic rings. The quantitative estimate of drug-likeness (QED) is 0.876. The lowest BCUT2D eigenvalue weighted by Crippen LogP contribution is -2.34. The molecule has 0 saturated carbocycles. The number of ether oxygens (including phenoxy) is 2. The summed E-state index contributed by atoms with van der Waals surface area (Å²) in [4.78, 5) is 0. The smallest absolute Gasteiger partial charge is 0.159 e. The number of nitrogens with one attached hydrogen (secondary N) is 1. The molecule has 1 N–H and O–H groups in total. The van der Waals surface area contributed by atoms with E-state index in [-0.39, 0.29) is 6.29 Å². The van der Waals surface area contributed by atoms with Gasteiger partial charge in [0.25, 0.3) is 0 Å². The van der Waals surface area contributed by atoms with Gasteiger partial charge in [-0.3, -0.25) is 0 Å². The summed E-state index contributed by atoms with van der Waals surface area (Å²) in [5, 5.41) is 3.50. The minimum absolute atomic E-state index is 0.0406. The Bertz CT molecular complexity index is 367. The van der Waals surface area contributed by atoms with Crippen molar-refractivity contribution in [3.8, 4) is 0 Å². The Balaban J connectivity index is 1.92. The molecular weight excluding hydrogens is 294 g/mol. The van der Waals surface area contributed by atoms with Crippen LogP contribution in [0.2, 0.25) is 0 Å². The normalized spacial score (nSPS) is 18.1. The van der Waals surface area contributed by atoms with E-state index in [1.54, 1.807) is 0 Å². The Kier molecular flexibility index (Phi) is 5.63. The van der Waals surface area contributed by atoms with Crippen molar-refractivity contribution in [1.29, 1.82) is 0 Å². The Morgan fingerprint density at radius 2 is 2.17 bits per heavy atom. The number of rotatable bonds is 6. The number of hydrogen-bond donors (Lipinski definition) is 1. The van der Waals surface area contributed by atoms with Crippen LogP contribution in [0.4, 0.5) is 0 Å². The van der Waals surface area contributed by atoms with Gasteiger partial charge in [0.2, 0.25) is 0 Å². The lowest BCUT2D eigenvalue weighted by molar-refractivity contribution is -0.0525. The van der Waals surface area contributed by atoms with Crippen molar-refractivity contribution in [2.45, 2.75) is 32.1 Å². The molecule has 1 atom stereocenters. The van der Waals surface area contributed by atoms with Gasteiger partial charge in [-0.05, 0) is 30.7 Å².